The lowest BCUT2D eigenvalue weighted by Crippen LogP contribution is -2.41. The van der Waals surface area contributed by atoms with E-state index in [1.807, 2.05) is 7.05 Å². The zero-order valence-electron chi connectivity index (χ0n) is 15.6. The Morgan fingerprint density at radius 2 is 2.12 bits per heavy atom. The van der Waals surface area contributed by atoms with E-state index in [2.05, 4.69) is 36.0 Å². The van der Waals surface area contributed by atoms with Gasteiger partial charge in [0.2, 0.25) is 0 Å². The number of pyridine rings is 1. The van der Waals surface area contributed by atoms with Crippen molar-refractivity contribution in [3.05, 3.63) is 33.7 Å². The fourth-order valence-electron chi connectivity index (χ4n) is 2.90. The highest BCUT2D eigenvalue weighted by molar-refractivity contribution is 5.93. The maximum absolute atomic E-state index is 12.2. The van der Waals surface area contributed by atoms with Gasteiger partial charge in [-0.3, -0.25) is 9.59 Å². The normalized spacial score (nSPS) is 18.4. The van der Waals surface area contributed by atoms with E-state index in [0.29, 0.717) is 32.9 Å². The minimum Gasteiger partial charge on any atom is -0.376 e. The van der Waals surface area contributed by atoms with Gasteiger partial charge in [0, 0.05) is 25.3 Å². The number of hydrogen-bond acceptors (Lipinski definition) is 5. The van der Waals surface area contributed by atoms with Crippen LogP contribution in [0.5, 0.6) is 0 Å². The summed E-state index contributed by atoms with van der Waals surface area (Å²) in [6.45, 7) is 9.92. The first-order valence-corrected chi connectivity index (χ1v) is 8.63. The molecule has 2 N–H and O–H groups in total. The van der Waals surface area contributed by atoms with Crippen molar-refractivity contribution >= 4 is 5.91 Å². The molecule has 1 saturated heterocycles. The van der Waals surface area contributed by atoms with E-state index in [1.54, 1.807) is 12.1 Å². The van der Waals surface area contributed by atoms with Gasteiger partial charge in [0.1, 0.15) is 5.56 Å². The average Bonchev–Trinajstić information content (AvgIpc) is 2.52. The third kappa shape index (κ3) is 6.61. The van der Waals surface area contributed by atoms with Gasteiger partial charge in [-0.25, -0.2) is 0 Å². The Hall–Kier alpha value is -1.70. The minimum atomic E-state index is -0.398. The van der Waals surface area contributed by atoms with Crippen LogP contribution in [0.2, 0.25) is 0 Å². The number of ether oxygens (including phenoxy) is 2. The number of rotatable bonds is 6. The highest BCUT2D eigenvalue weighted by Gasteiger charge is 2.18. The first kappa shape index (κ1) is 19.6. The molecule has 0 saturated carbocycles. The van der Waals surface area contributed by atoms with Gasteiger partial charge in [0.05, 0.1) is 25.9 Å². The molecule has 0 spiro atoms. The van der Waals surface area contributed by atoms with Crippen LogP contribution in [0, 0.1) is 5.41 Å². The van der Waals surface area contributed by atoms with E-state index >= 15 is 0 Å². The van der Waals surface area contributed by atoms with Gasteiger partial charge in [-0.05, 0) is 24.6 Å². The summed E-state index contributed by atoms with van der Waals surface area (Å²) in [5.41, 5.74) is 0.705. The van der Waals surface area contributed by atoms with Crippen molar-refractivity contribution < 1.29 is 14.3 Å². The third-order valence-corrected chi connectivity index (χ3v) is 3.77. The summed E-state index contributed by atoms with van der Waals surface area (Å²) in [7, 11) is 2.01. The van der Waals surface area contributed by atoms with Crippen molar-refractivity contribution in [2.75, 3.05) is 40.0 Å². The van der Waals surface area contributed by atoms with Gasteiger partial charge in [-0.2, -0.15) is 0 Å². The summed E-state index contributed by atoms with van der Waals surface area (Å²) in [6.07, 6.45) is -0.165. The fraction of sp³-hybridized carbons (Fsp3) is 0.667. The highest BCUT2D eigenvalue weighted by atomic mass is 16.6. The monoisotopic (exact) mass is 351 g/mol. The first-order valence-electron chi connectivity index (χ1n) is 8.63. The highest BCUT2D eigenvalue weighted by Crippen LogP contribution is 2.15. The van der Waals surface area contributed by atoms with Crippen molar-refractivity contribution in [3.8, 4) is 0 Å². The van der Waals surface area contributed by atoms with Crippen molar-refractivity contribution in [3.63, 3.8) is 0 Å². The maximum atomic E-state index is 12.2. The summed E-state index contributed by atoms with van der Waals surface area (Å²) in [5.74, 6) is -0.398. The van der Waals surface area contributed by atoms with Gasteiger partial charge in [0.15, 0.2) is 0 Å². The van der Waals surface area contributed by atoms with Crippen LogP contribution < -0.4 is 10.9 Å². The van der Waals surface area contributed by atoms with Crippen molar-refractivity contribution in [1.29, 1.82) is 0 Å². The molecule has 0 unspecified atom stereocenters. The van der Waals surface area contributed by atoms with E-state index in [9.17, 15) is 9.59 Å². The number of aromatic amines is 1. The van der Waals surface area contributed by atoms with Gasteiger partial charge in [-0.15, -0.1) is 0 Å². The molecule has 1 amide bonds. The molecule has 1 aliphatic heterocycles. The van der Waals surface area contributed by atoms with Gasteiger partial charge in [-0.1, -0.05) is 20.8 Å². The molecule has 2 heterocycles. The first-order chi connectivity index (χ1) is 11.7. The van der Waals surface area contributed by atoms with Crippen LogP contribution in [-0.4, -0.2) is 61.9 Å². The lowest BCUT2D eigenvalue weighted by molar-refractivity contribution is -0.0855. The minimum absolute atomic E-state index is 0.110. The molecule has 7 heteroatoms. The summed E-state index contributed by atoms with van der Waals surface area (Å²) in [4.78, 5) is 29.3. The van der Waals surface area contributed by atoms with Crippen molar-refractivity contribution in [1.82, 2.24) is 15.2 Å². The molecule has 1 aromatic heterocycles. The second kappa shape index (κ2) is 8.60. The number of amides is 1. The summed E-state index contributed by atoms with van der Waals surface area (Å²) < 4.78 is 10.7. The molecular formula is C18H29N3O4. The molecule has 0 aliphatic carbocycles. The van der Waals surface area contributed by atoms with Crippen LogP contribution in [-0.2, 0) is 16.0 Å². The number of carbonyl (C=O) groups is 1. The molecule has 0 radical (unpaired) electrons. The Kier molecular flexibility index (Phi) is 6.75. The SMILES string of the molecule is CN(Cc1ccc(C(=O)NC[C@H]2COCCO2)c(=O)[nH]1)CC(C)(C)C. The van der Waals surface area contributed by atoms with Gasteiger partial charge in [0.25, 0.3) is 11.5 Å². The third-order valence-electron chi connectivity index (χ3n) is 3.77. The fourth-order valence-corrected chi connectivity index (χ4v) is 2.90. The van der Waals surface area contributed by atoms with E-state index in [1.165, 1.54) is 0 Å². The number of hydrogen-bond donors (Lipinski definition) is 2. The molecule has 0 aromatic carbocycles. The number of nitrogens with one attached hydrogen (secondary N) is 2. The number of aromatic nitrogens is 1. The van der Waals surface area contributed by atoms with Gasteiger partial charge < -0.3 is 24.7 Å². The second-order valence-corrected chi connectivity index (χ2v) is 7.74. The van der Waals surface area contributed by atoms with E-state index < -0.39 is 5.91 Å². The Morgan fingerprint density at radius 1 is 1.36 bits per heavy atom. The van der Waals surface area contributed by atoms with Crippen LogP contribution in [0.3, 0.4) is 0 Å². The molecule has 25 heavy (non-hydrogen) atoms. The molecule has 1 atom stereocenters. The topological polar surface area (TPSA) is 83.7 Å². The van der Waals surface area contributed by atoms with Crippen LogP contribution in [0.4, 0.5) is 0 Å². The molecule has 7 nitrogen and oxygen atoms in total. The lowest BCUT2D eigenvalue weighted by atomic mass is 9.96. The quantitative estimate of drug-likeness (QED) is 0.799. The van der Waals surface area contributed by atoms with Crippen LogP contribution in [0.15, 0.2) is 16.9 Å². The molecule has 0 bridgehead atoms. The average molecular weight is 351 g/mol. The van der Waals surface area contributed by atoms with E-state index in [4.69, 9.17) is 9.47 Å². The van der Waals surface area contributed by atoms with Crippen LogP contribution in [0.1, 0.15) is 36.8 Å². The molecule has 1 fully saturated rings. The second-order valence-electron chi connectivity index (χ2n) is 7.74. The Balaban J connectivity index is 1.91. The van der Waals surface area contributed by atoms with E-state index in [-0.39, 0.29) is 22.6 Å². The molecular weight excluding hydrogens is 322 g/mol. The predicted molar refractivity (Wildman–Crippen MR) is 95.7 cm³/mol. The van der Waals surface area contributed by atoms with Gasteiger partial charge >= 0.3 is 0 Å². The molecule has 2 rings (SSSR count). The smallest absolute Gasteiger partial charge is 0.261 e. The Morgan fingerprint density at radius 3 is 2.72 bits per heavy atom. The van der Waals surface area contributed by atoms with E-state index in [0.717, 1.165) is 12.2 Å². The summed E-state index contributed by atoms with van der Waals surface area (Å²) >= 11 is 0. The zero-order chi connectivity index (χ0) is 18.4. The molecule has 1 aromatic rings. The molecule has 140 valence electrons. The number of carbonyl (C=O) groups excluding carboxylic acids is 1. The standard InChI is InChI=1S/C18H29N3O4/c1-18(2,3)12-21(4)10-13-5-6-15(17(23)20-13)16(22)19-9-14-11-24-7-8-25-14/h5-6,14H,7-12H2,1-4H3,(H,19,22)(H,20,23)/t14-/m0/s1. The van der Waals surface area contributed by atoms with Crippen molar-refractivity contribution in [2.45, 2.75) is 33.4 Å². The number of nitrogens with zero attached hydrogens (tertiary/aromatic N) is 1. The Labute approximate surface area is 148 Å². The maximum Gasteiger partial charge on any atom is 0.261 e. The predicted octanol–water partition coefficient (Wildman–Crippen LogP) is 0.998. The summed E-state index contributed by atoms with van der Waals surface area (Å²) in [5, 5.41) is 2.73. The van der Waals surface area contributed by atoms with Crippen LogP contribution >= 0.6 is 0 Å². The lowest BCUT2D eigenvalue weighted by Gasteiger charge is -2.26. The van der Waals surface area contributed by atoms with Crippen LogP contribution in [0.25, 0.3) is 0 Å². The summed E-state index contributed by atoms with van der Waals surface area (Å²) in [6, 6.07) is 3.36. The largest absolute Gasteiger partial charge is 0.376 e. The number of H-pyrrole nitrogens is 1. The molecule has 1 aliphatic rings. The zero-order valence-corrected chi connectivity index (χ0v) is 15.6. The van der Waals surface area contributed by atoms with Crippen molar-refractivity contribution in [2.24, 2.45) is 5.41 Å². The Bertz CT molecular complexity index is 630.